The van der Waals surface area contributed by atoms with Gasteiger partial charge in [0, 0.05) is 11.1 Å². The van der Waals surface area contributed by atoms with Crippen molar-refractivity contribution in [1.29, 1.82) is 0 Å². The van der Waals surface area contributed by atoms with E-state index in [1.165, 1.54) is 37.1 Å². The first kappa shape index (κ1) is 21.8. The van der Waals surface area contributed by atoms with Crippen LogP contribution in [0.1, 0.15) is 44.1 Å². The fraction of sp³-hybridized carbons (Fsp3) is 0.409. The molecule has 2 aromatic carbocycles. The fourth-order valence-electron chi connectivity index (χ4n) is 3.63. The summed E-state index contributed by atoms with van der Waals surface area (Å²) >= 11 is 5.87. The molecule has 0 heterocycles. The third-order valence-corrected chi connectivity index (χ3v) is 6.96. The van der Waals surface area contributed by atoms with Crippen LogP contribution in [0.2, 0.25) is 5.02 Å². The third kappa shape index (κ3) is 6.56. The zero-order chi connectivity index (χ0) is 20.7. The Morgan fingerprint density at radius 2 is 1.59 bits per heavy atom. The monoisotopic (exact) mass is 434 g/mol. The van der Waals surface area contributed by atoms with E-state index in [0.717, 1.165) is 31.2 Å². The van der Waals surface area contributed by atoms with Gasteiger partial charge < -0.3 is 5.32 Å². The normalized spacial score (nSPS) is 16.7. The van der Waals surface area contributed by atoms with Gasteiger partial charge in [0.05, 0.1) is 4.90 Å². The first-order valence-corrected chi connectivity index (χ1v) is 11.9. The lowest BCUT2D eigenvalue weighted by Crippen LogP contribution is -2.50. The Morgan fingerprint density at radius 1 is 0.966 bits per heavy atom. The summed E-state index contributed by atoms with van der Waals surface area (Å²) < 4.78 is 28.3. The number of rotatable bonds is 7. The summed E-state index contributed by atoms with van der Waals surface area (Å²) in [4.78, 5) is 13.1. The highest BCUT2D eigenvalue weighted by Gasteiger charge is 2.27. The van der Waals surface area contributed by atoms with Crippen LogP contribution in [0.25, 0.3) is 0 Å². The van der Waals surface area contributed by atoms with E-state index in [1.807, 2.05) is 30.3 Å². The van der Waals surface area contributed by atoms with Crippen LogP contribution in [0.5, 0.6) is 0 Å². The Kier molecular flexibility index (Phi) is 7.70. The molecule has 3 rings (SSSR count). The van der Waals surface area contributed by atoms with Crippen molar-refractivity contribution in [2.75, 3.05) is 0 Å². The maximum atomic E-state index is 13.0. The molecular weight excluding hydrogens is 408 g/mol. The summed E-state index contributed by atoms with van der Waals surface area (Å²) in [6.45, 7) is 0. The van der Waals surface area contributed by atoms with Gasteiger partial charge in [0.15, 0.2) is 0 Å². The van der Waals surface area contributed by atoms with Crippen molar-refractivity contribution in [3.63, 3.8) is 0 Å². The molecule has 7 heteroatoms. The lowest BCUT2D eigenvalue weighted by molar-refractivity contribution is -0.123. The molecule has 1 fully saturated rings. The number of nitrogens with one attached hydrogen (secondary N) is 2. The molecule has 156 valence electrons. The number of hydrogen-bond acceptors (Lipinski definition) is 3. The molecule has 2 aromatic rings. The third-order valence-electron chi connectivity index (χ3n) is 5.22. The fourth-order valence-corrected chi connectivity index (χ4v) is 4.95. The first-order chi connectivity index (χ1) is 13.9. The molecule has 0 aromatic heterocycles. The summed E-state index contributed by atoms with van der Waals surface area (Å²) in [7, 11) is -3.86. The predicted octanol–water partition coefficient (Wildman–Crippen LogP) is 4.07. The Labute approximate surface area is 177 Å². The Morgan fingerprint density at radius 3 is 2.21 bits per heavy atom. The van der Waals surface area contributed by atoms with Gasteiger partial charge in [-0.05, 0) is 49.1 Å². The number of carbonyl (C=O) groups is 1. The zero-order valence-electron chi connectivity index (χ0n) is 16.3. The van der Waals surface area contributed by atoms with Gasteiger partial charge in [-0.25, -0.2) is 8.42 Å². The van der Waals surface area contributed by atoms with Crippen molar-refractivity contribution in [3.05, 3.63) is 65.2 Å². The molecule has 0 radical (unpaired) electrons. The van der Waals surface area contributed by atoms with Crippen LogP contribution in [0, 0.1) is 0 Å². The van der Waals surface area contributed by atoms with E-state index >= 15 is 0 Å². The van der Waals surface area contributed by atoms with E-state index in [4.69, 9.17) is 11.6 Å². The van der Waals surface area contributed by atoms with Crippen LogP contribution in [0.3, 0.4) is 0 Å². The molecule has 1 aliphatic carbocycles. The molecule has 1 amide bonds. The van der Waals surface area contributed by atoms with E-state index in [2.05, 4.69) is 10.0 Å². The topological polar surface area (TPSA) is 75.3 Å². The predicted molar refractivity (Wildman–Crippen MR) is 115 cm³/mol. The quantitative estimate of drug-likeness (QED) is 0.645. The zero-order valence-corrected chi connectivity index (χ0v) is 17.9. The van der Waals surface area contributed by atoms with Crippen LogP contribution in [-0.2, 0) is 21.2 Å². The molecule has 0 aliphatic heterocycles. The summed E-state index contributed by atoms with van der Waals surface area (Å²) in [5.74, 6) is -0.279. The van der Waals surface area contributed by atoms with E-state index in [-0.39, 0.29) is 23.3 Å². The highest BCUT2D eigenvalue weighted by atomic mass is 35.5. The highest BCUT2D eigenvalue weighted by molar-refractivity contribution is 7.89. The number of amides is 1. The van der Waals surface area contributed by atoms with Gasteiger partial charge >= 0.3 is 0 Å². The Balaban J connectivity index is 1.78. The molecule has 29 heavy (non-hydrogen) atoms. The van der Waals surface area contributed by atoms with Gasteiger partial charge in [-0.2, -0.15) is 4.72 Å². The molecule has 0 saturated heterocycles. The van der Waals surface area contributed by atoms with Gasteiger partial charge in [-0.15, -0.1) is 0 Å². The van der Waals surface area contributed by atoms with Gasteiger partial charge in [0.25, 0.3) is 0 Å². The molecule has 0 unspecified atom stereocenters. The molecule has 1 saturated carbocycles. The second kappa shape index (κ2) is 10.2. The van der Waals surface area contributed by atoms with Crippen LogP contribution < -0.4 is 10.0 Å². The standard InChI is InChI=1S/C22H27ClN2O3S/c23-18-12-14-20(15-13-18)29(27,28)25-21(16-17-8-4-3-5-9-17)22(26)24-19-10-6-1-2-7-11-19/h3-5,8-9,12-15,19,21,25H,1-2,6-7,10-11,16H2,(H,24,26)/t21-/m0/s1. The molecule has 0 bridgehead atoms. The molecule has 1 atom stereocenters. The van der Waals surface area contributed by atoms with Crippen molar-refractivity contribution in [2.24, 2.45) is 0 Å². The number of benzene rings is 2. The average Bonchev–Trinajstić information content (AvgIpc) is 2.97. The summed E-state index contributed by atoms with van der Waals surface area (Å²) in [6.07, 6.45) is 6.70. The van der Waals surface area contributed by atoms with E-state index in [0.29, 0.717) is 5.02 Å². The summed E-state index contributed by atoms with van der Waals surface area (Å²) in [5.41, 5.74) is 0.896. The lowest BCUT2D eigenvalue weighted by atomic mass is 10.0. The highest BCUT2D eigenvalue weighted by Crippen LogP contribution is 2.18. The molecule has 2 N–H and O–H groups in total. The van der Waals surface area contributed by atoms with Gasteiger partial charge in [0.1, 0.15) is 6.04 Å². The second-order valence-corrected chi connectivity index (χ2v) is 9.67. The van der Waals surface area contributed by atoms with Crippen molar-refractivity contribution in [3.8, 4) is 0 Å². The maximum absolute atomic E-state index is 13.0. The number of carbonyl (C=O) groups excluding carboxylic acids is 1. The van der Waals surface area contributed by atoms with Crippen LogP contribution >= 0.6 is 11.6 Å². The minimum absolute atomic E-state index is 0.0854. The van der Waals surface area contributed by atoms with Crippen LogP contribution in [0.15, 0.2) is 59.5 Å². The average molecular weight is 435 g/mol. The summed E-state index contributed by atoms with van der Waals surface area (Å²) in [5, 5.41) is 3.53. The second-order valence-electron chi connectivity index (χ2n) is 7.51. The van der Waals surface area contributed by atoms with Gasteiger partial charge in [-0.3, -0.25) is 4.79 Å². The minimum Gasteiger partial charge on any atom is -0.352 e. The molecular formula is C22H27ClN2O3S. The Hall–Kier alpha value is -1.89. The van der Waals surface area contributed by atoms with Crippen molar-refractivity contribution in [1.82, 2.24) is 10.0 Å². The molecule has 5 nitrogen and oxygen atoms in total. The van der Waals surface area contributed by atoms with Crippen molar-refractivity contribution >= 4 is 27.5 Å². The number of sulfonamides is 1. The number of halogens is 1. The summed E-state index contributed by atoms with van der Waals surface area (Å²) in [6, 6.07) is 14.6. The molecule has 1 aliphatic rings. The van der Waals surface area contributed by atoms with E-state index in [9.17, 15) is 13.2 Å². The SMILES string of the molecule is O=C(NC1CCCCCC1)[C@H](Cc1ccccc1)NS(=O)(=O)c1ccc(Cl)cc1. The van der Waals surface area contributed by atoms with Crippen molar-refractivity contribution < 1.29 is 13.2 Å². The first-order valence-electron chi connectivity index (χ1n) is 10.1. The van der Waals surface area contributed by atoms with Crippen LogP contribution in [0.4, 0.5) is 0 Å². The minimum atomic E-state index is -3.86. The van der Waals surface area contributed by atoms with Crippen molar-refractivity contribution in [2.45, 2.75) is 61.9 Å². The molecule has 0 spiro atoms. The van der Waals surface area contributed by atoms with E-state index < -0.39 is 16.1 Å². The maximum Gasteiger partial charge on any atom is 0.241 e. The van der Waals surface area contributed by atoms with Gasteiger partial charge in [-0.1, -0.05) is 67.6 Å². The largest absolute Gasteiger partial charge is 0.352 e. The smallest absolute Gasteiger partial charge is 0.241 e. The van der Waals surface area contributed by atoms with E-state index in [1.54, 1.807) is 0 Å². The number of hydrogen-bond donors (Lipinski definition) is 2. The van der Waals surface area contributed by atoms with Crippen LogP contribution in [-0.4, -0.2) is 26.4 Å². The Bertz CT molecular complexity index is 893. The lowest BCUT2D eigenvalue weighted by Gasteiger charge is -2.23. The van der Waals surface area contributed by atoms with Gasteiger partial charge in [0.2, 0.25) is 15.9 Å².